The molecule has 0 saturated heterocycles. The molecule has 28 heavy (non-hydrogen) atoms. The number of phenols is 1. The molecule has 3 atom stereocenters. The van der Waals surface area contributed by atoms with E-state index in [1.54, 1.807) is 12.1 Å². The number of carbonyl (C=O) groups excluding carboxylic acids is 2. The fourth-order valence-electron chi connectivity index (χ4n) is 5.09. The summed E-state index contributed by atoms with van der Waals surface area (Å²) in [6.45, 7) is 4.59. The van der Waals surface area contributed by atoms with Crippen LogP contribution >= 0.6 is 0 Å². The summed E-state index contributed by atoms with van der Waals surface area (Å²) in [5, 5.41) is 23.4. The van der Waals surface area contributed by atoms with E-state index in [0.29, 0.717) is 12.8 Å². The third-order valence-electron chi connectivity index (χ3n) is 6.62. The SMILES string of the molecule is CC(=O)OCC(=O)[C@@]1(O)[C@H](C)C=C2c3ccc4cc(O)ccc4c3CC[C@@]21C. The summed E-state index contributed by atoms with van der Waals surface area (Å²) in [4.78, 5) is 24.1. The van der Waals surface area contributed by atoms with E-state index >= 15 is 0 Å². The molecule has 2 aliphatic carbocycles. The largest absolute Gasteiger partial charge is 0.508 e. The monoisotopic (exact) mass is 380 g/mol. The predicted octanol–water partition coefficient (Wildman–Crippen LogP) is 3.39. The summed E-state index contributed by atoms with van der Waals surface area (Å²) in [7, 11) is 0. The Morgan fingerprint density at radius 3 is 2.71 bits per heavy atom. The normalized spacial score (nSPS) is 28.4. The number of rotatable bonds is 3. The molecule has 146 valence electrons. The lowest BCUT2D eigenvalue weighted by molar-refractivity contribution is -0.162. The van der Waals surface area contributed by atoms with Crippen molar-refractivity contribution in [3.8, 4) is 5.75 Å². The molecule has 0 amide bonds. The third kappa shape index (κ3) is 2.42. The zero-order chi connectivity index (χ0) is 20.3. The fourth-order valence-corrected chi connectivity index (χ4v) is 5.09. The Kier molecular flexibility index (Phi) is 4.12. The van der Waals surface area contributed by atoms with Gasteiger partial charge in [0.1, 0.15) is 11.4 Å². The first kappa shape index (κ1) is 18.7. The van der Waals surface area contributed by atoms with Crippen LogP contribution in [0.1, 0.15) is 38.3 Å². The van der Waals surface area contributed by atoms with Crippen molar-refractivity contribution in [3.63, 3.8) is 0 Å². The number of hydrogen-bond donors (Lipinski definition) is 2. The number of aliphatic hydroxyl groups is 1. The Labute approximate surface area is 163 Å². The summed E-state index contributed by atoms with van der Waals surface area (Å²) < 4.78 is 4.90. The van der Waals surface area contributed by atoms with E-state index in [-0.39, 0.29) is 5.75 Å². The van der Waals surface area contributed by atoms with Crippen molar-refractivity contribution >= 4 is 28.1 Å². The molecule has 0 saturated carbocycles. The topological polar surface area (TPSA) is 83.8 Å². The summed E-state index contributed by atoms with van der Waals surface area (Å²) in [5.74, 6) is -1.16. The number of esters is 1. The minimum atomic E-state index is -1.61. The number of hydrogen-bond acceptors (Lipinski definition) is 5. The molecule has 0 radical (unpaired) electrons. The Bertz CT molecular complexity index is 1040. The van der Waals surface area contributed by atoms with E-state index in [2.05, 4.69) is 0 Å². The lowest BCUT2D eigenvalue weighted by Gasteiger charge is -2.45. The number of carbonyl (C=O) groups is 2. The van der Waals surface area contributed by atoms with Crippen molar-refractivity contribution in [2.45, 2.75) is 39.2 Å². The van der Waals surface area contributed by atoms with E-state index < -0.39 is 35.3 Å². The van der Waals surface area contributed by atoms with E-state index in [4.69, 9.17) is 4.74 Å². The fraction of sp³-hybridized carbons (Fsp3) is 0.391. The van der Waals surface area contributed by atoms with Crippen molar-refractivity contribution in [2.75, 3.05) is 6.61 Å². The average molecular weight is 380 g/mol. The van der Waals surface area contributed by atoms with Crippen LogP contribution in [0, 0.1) is 11.3 Å². The second-order valence-electron chi connectivity index (χ2n) is 8.17. The van der Waals surface area contributed by atoms with Gasteiger partial charge in [0, 0.05) is 18.3 Å². The molecule has 2 N–H and O–H groups in total. The Hall–Kier alpha value is -2.66. The first-order valence-corrected chi connectivity index (χ1v) is 9.55. The highest BCUT2D eigenvalue weighted by molar-refractivity contribution is 5.99. The van der Waals surface area contributed by atoms with Gasteiger partial charge < -0.3 is 14.9 Å². The molecule has 2 aromatic carbocycles. The standard InChI is InChI=1S/C23H24O5/c1-13-10-20-19-6-4-15-11-16(25)5-7-17(15)18(19)8-9-22(20,3)23(13,27)21(26)12-28-14(2)24/h4-7,10-11,13,25,27H,8-9,12H2,1-3H3/t13-,22+,23+/m1/s1. The lowest BCUT2D eigenvalue weighted by Crippen LogP contribution is -2.56. The van der Waals surface area contributed by atoms with E-state index in [1.807, 2.05) is 38.1 Å². The molecule has 0 fully saturated rings. The summed E-state index contributed by atoms with van der Waals surface area (Å²) in [5.41, 5.74) is 0.815. The van der Waals surface area contributed by atoms with Crippen LogP contribution in [0.25, 0.3) is 16.3 Å². The highest BCUT2D eigenvalue weighted by atomic mass is 16.5. The zero-order valence-corrected chi connectivity index (χ0v) is 16.3. The van der Waals surface area contributed by atoms with Crippen molar-refractivity contribution in [1.29, 1.82) is 0 Å². The zero-order valence-electron chi connectivity index (χ0n) is 16.3. The number of benzene rings is 2. The molecule has 2 aliphatic rings. The van der Waals surface area contributed by atoms with E-state index in [9.17, 15) is 19.8 Å². The second-order valence-corrected chi connectivity index (χ2v) is 8.17. The van der Waals surface area contributed by atoms with Crippen molar-refractivity contribution in [1.82, 2.24) is 0 Å². The Balaban J connectivity index is 1.80. The Morgan fingerprint density at radius 1 is 1.25 bits per heavy atom. The van der Waals surface area contributed by atoms with Crippen molar-refractivity contribution in [3.05, 3.63) is 47.5 Å². The van der Waals surface area contributed by atoms with Crippen LogP contribution < -0.4 is 0 Å². The van der Waals surface area contributed by atoms with Gasteiger partial charge in [0.15, 0.2) is 6.61 Å². The molecule has 0 aromatic heterocycles. The molecule has 5 nitrogen and oxygen atoms in total. The maximum Gasteiger partial charge on any atom is 0.303 e. The average Bonchev–Trinajstić information content (AvgIpc) is 2.87. The van der Waals surface area contributed by atoms with Gasteiger partial charge >= 0.3 is 5.97 Å². The molecule has 2 aromatic rings. The molecule has 0 unspecified atom stereocenters. The first-order valence-electron chi connectivity index (χ1n) is 9.55. The summed E-state index contributed by atoms with van der Waals surface area (Å²) in [6.07, 6.45) is 3.30. The molecule has 0 bridgehead atoms. The lowest BCUT2D eigenvalue weighted by atomic mass is 9.60. The van der Waals surface area contributed by atoms with E-state index in [0.717, 1.165) is 21.9 Å². The van der Waals surface area contributed by atoms with Gasteiger partial charge in [-0.15, -0.1) is 0 Å². The second kappa shape index (κ2) is 6.17. The number of ether oxygens (including phenoxy) is 1. The van der Waals surface area contributed by atoms with Crippen LogP contribution in [-0.4, -0.2) is 34.2 Å². The number of fused-ring (bicyclic) bond motifs is 5. The Morgan fingerprint density at radius 2 is 2.00 bits per heavy atom. The van der Waals surface area contributed by atoms with Gasteiger partial charge in [-0.25, -0.2) is 0 Å². The highest BCUT2D eigenvalue weighted by Crippen LogP contribution is 2.59. The number of ketones is 1. The molecular formula is C23H24O5. The molecule has 0 spiro atoms. The van der Waals surface area contributed by atoms with Gasteiger partial charge in [-0.05, 0) is 52.4 Å². The maximum atomic E-state index is 12.9. The molecule has 4 rings (SSSR count). The van der Waals surface area contributed by atoms with Crippen LogP contribution in [0.15, 0.2) is 36.4 Å². The van der Waals surface area contributed by atoms with Crippen molar-refractivity contribution < 1.29 is 24.5 Å². The predicted molar refractivity (Wildman–Crippen MR) is 106 cm³/mol. The van der Waals surface area contributed by atoms with Gasteiger partial charge in [-0.2, -0.15) is 0 Å². The molecular weight excluding hydrogens is 356 g/mol. The van der Waals surface area contributed by atoms with Gasteiger partial charge in [-0.1, -0.05) is 38.1 Å². The van der Waals surface area contributed by atoms with Gasteiger partial charge in [0.25, 0.3) is 0 Å². The van der Waals surface area contributed by atoms with Gasteiger partial charge in [0.2, 0.25) is 5.78 Å². The van der Waals surface area contributed by atoms with Crippen molar-refractivity contribution in [2.24, 2.45) is 11.3 Å². The first-order chi connectivity index (χ1) is 13.2. The van der Waals surface area contributed by atoms with Crippen LogP contribution in [0.2, 0.25) is 0 Å². The molecule has 5 heteroatoms. The molecule has 0 heterocycles. The van der Waals surface area contributed by atoms with E-state index in [1.165, 1.54) is 12.5 Å². The smallest absolute Gasteiger partial charge is 0.303 e. The van der Waals surface area contributed by atoms with Crippen LogP contribution in [0.4, 0.5) is 0 Å². The quantitative estimate of drug-likeness (QED) is 0.798. The third-order valence-corrected chi connectivity index (χ3v) is 6.62. The number of Topliss-reactive ketones (excluding diaryl/α,β-unsaturated/α-hetero) is 1. The van der Waals surface area contributed by atoms with Crippen LogP contribution in [-0.2, 0) is 20.7 Å². The summed E-state index contributed by atoms with van der Waals surface area (Å²) in [6, 6.07) is 9.32. The van der Waals surface area contributed by atoms with Gasteiger partial charge in [0.05, 0.1) is 0 Å². The van der Waals surface area contributed by atoms with Crippen LogP contribution in [0.5, 0.6) is 5.75 Å². The molecule has 0 aliphatic heterocycles. The number of phenolic OH excluding ortho intramolecular Hbond substituents is 1. The number of aryl methyl sites for hydroxylation is 1. The highest BCUT2D eigenvalue weighted by Gasteiger charge is 2.61. The summed E-state index contributed by atoms with van der Waals surface area (Å²) >= 11 is 0. The minimum absolute atomic E-state index is 0.229. The maximum absolute atomic E-state index is 12.9. The number of aromatic hydroxyl groups is 1. The van der Waals surface area contributed by atoms with Crippen LogP contribution in [0.3, 0.4) is 0 Å². The van der Waals surface area contributed by atoms with Gasteiger partial charge in [-0.3, -0.25) is 9.59 Å². The minimum Gasteiger partial charge on any atom is -0.508 e.